The highest BCUT2D eigenvalue weighted by Crippen LogP contribution is 2.22. The zero-order chi connectivity index (χ0) is 22.4. The van der Waals surface area contributed by atoms with Crippen molar-refractivity contribution in [3.8, 4) is 0 Å². The van der Waals surface area contributed by atoms with Gasteiger partial charge >= 0.3 is 6.03 Å². The molecule has 0 radical (unpaired) electrons. The summed E-state index contributed by atoms with van der Waals surface area (Å²) in [5.74, 6) is -0.732. The average molecular weight is 423 g/mol. The van der Waals surface area contributed by atoms with E-state index in [4.69, 9.17) is 0 Å². The Morgan fingerprint density at radius 2 is 1.71 bits per heavy atom. The molecule has 4 amide bonds. The van der Waals surface area contributed by atoms with Crippen molar-refractivity contribution in [3.05, 3.63) is 65.7 Å². The number of rotatable bonds is 5. The Kier molecular flexibility index (Phi) is 7.28. The minimum absolute atomic E-state index is 0.0906. The zero-order valence-electron chi connectivity index (χ0n) is 18.3. The minimum atomic E-state index is -0.308. The molecule has 2 N–H and O–H groups in total. The summed E-state index contributed by atoms with van der Waals surface area (Å²) in [5, 5.41) is 5.90. The van der Waals surface area contributed by atoms with Gasteiger partial charge in [-0.2, -0.15) is 0 Å². The molecule has 1 aliphatic heterocycles. The molecule has 7 heteroatoms. The van der Waals surface area contributed by atoms with Crippen molar-refractivity contribution in [1.29, 1.82) is 0 Å². The van der Waals surface area contributed by atoms with Crippen LogP contribution in [-0.4, -0.2) is 54.8 Å². The lowest BCUT2D eigenvalue weighted by molar-refractivity contribution is -0.121. The van der Waals surface area contributed by atoms with Gasteiger partial charge in [-0.3, -0.25) is 9.59 Å². The number of amides is 4. The van der Waals surface area contributed by atoms with Crippen LogP contribution in [0.5, 0.6) is 0 Å². The summed E-state index contributed by atoms with van der Waals surface area (Å²) >= 11 is 0. The predicted molar refractivity (Wildman–Crippen MR) is 121 cm³/mol. The number of urea groups is 1. The number of benzene rings is 2. The molecule has 1 aliphatic rings. The van der Waals surface area contributed by atoms with Gasteiger partial charge in [-0.05, 0) is 37.5 Å². The van der Waals surface area contributed by atoms with Crippen molar-refractivity contribution in [2.75, 3.05) is 32.5 Å². The topological polar surface area (TPSA) is 81.8 Å². The summed E-state index contributed by atoms with van der Waals surface area (Å²) < 4.78 is 0. The third-order valence-electron chi connectivity index (χ3n) is 5.52. The molecule has 164 valence electrons. The van der Waals surface area contributed by atoms with Gasteiger partial charge in [0.15, 0.2) is 0 Å². The molecule has 2 unspecified atom stereocenters. The molecule has 1 saturated heterocycles. The molecule has 2 aromatic rings. The maximum absolute atomic E-state index is 12.9. The van der Waals surface area contributed by atoms with Crippen molar-refractivity contribution in [2.45, 2.75) is 25.8 Å². The normalized spacial score (nSPS) is 16.9. The van der Waals surface area contributed by atoms with Crippen LogP contribution in [0.4, 0.5) is 10.5 Å². The summed E-state index contributed by atoms with van der Waals surface area (Å²) in [6.07, 6.45) is 1.48. The second-order valence-corrected chi connectivity index (χ2v) is 8.10. The summed E-state index contributed by atoms with van der Waals surface area (Å²) in [4.78, 5) is 41.3. The number of nitrogens with one attached hydrogen (secondary N) is 2. The Morgan fingerprint density at radius 1 is 1.03 bits per heavy atom. The van der Waals surface area contributed by atoms with Crippen molar-refractivity contribution in [1.82, 2.24) is 15.1 Å². The maximum Gasteiger partial charge on any atom is 0.319 e. The van der Waals surface area contributed by atoms with Gasteiger partial charge in [0.25, 0.3) is 5.91 Å². The summed E-state index contributed by atoms with van der Waals surface area (Å²) in [7, 11) is 3.41. The molecule has 31 heavy (non-hydrogen) atoms. The van der Waals surface area contributed by atoms with E-state index >= 15 is 0 Å². The van der Waals surface area contributed by atoms with Gasteiger partial charge in [-0.1, -0.05) is 42.5 Å². The van der Waals surface area contributed by atoms with Crippen LogP contribution < -0.4 is 10.6 Å². The second-order valence-electron chi connectivity index (χ2n) is 8.10. The molecule has 1 heterocycles. The summed E-state index contributed by atoms with van der Waals surface area (Å²) in [6.45, 7) is 2.95. The van der Waals surface area contributed by atoms with Crippen LogP contribution in [0.3, 0.4) is 0 Å². The van der Waals surface area contributed by atoms with E-state index in [1.54, 1.807) is 43.3 Å². The van der Waals surface area contributed by atoms with E-state index < -0.39 is 0 Å². The number of nitrogens with zero attached hydrogens (tertiary/aromatic N) is 2. The van der Waals surface area contributed by atoms with E-state index in [1.165, 1.54) is 4.90 Å². The van der Waals surface area contributed by atoms with Crippen molar-refractivity contribution < 1.29 is 14.4 Å². The van der Waals surface area contributed by atoms with Crippen LogP contribution in [0.1, 0.15) is 41.7 Å². The fourth-order valence-corrected chi connectivity index (χ4v) is 3.77. The third-order valence-corrected chi connectivity index (χ3v) is 5.52. The van der Waals surface area contributed by atoms with Gasteiger partial charge in [-0.15, -0.1) is 0 Å². The number of anilines is 1. The molecule has 0 spiro atoms. The van der Waals surface area contributed by atoms with Gasteiger partial charge in [0.2, 0.25) is 5.91 Å². The quantitative estimate of drug-likeness (QED) is 0.774. The molecule has 2 aromatic carbocycles. The predicted octanol–water partition coefficient (Wildman–Crippen LogP) is 3.51. The van der Waals surface area contributed by atoms with Gasteiger partial charge < -0.3 is 20.4 Å². The molecule has 3 rings (SSSR count). The molecule has 7 nitrogen and oxygen atoms in total. The molecule has 0 bridgehead atoms. The lowest BCUT2D eigenvalue weighted by Crippen LogP contribution is -2.47. The number of likely N-dealkylation sites (tertiary alicyclic amines) is 1. The van der Waals surface area contributed by atoms with Crippen LogP contribution in [0, 0.1) is 5.92 Å². The van der Waals surface area contributed by atoms with E-state index in [-0.39, 0.29) is 29.8 Å². The van der Waals surface area contributed by atoms with Crippen LogP contribution in [0.15, 0.2) is 54.6 Å². The smallest absolute Gasteiger partial charge is 0.319 e. The molecular weight excluding hydrogens is 392 g/mol. The standard InChI is InChI=1S/C24H30N4O3/c1-17(18-10-5-4-6-11-18)25-23(30)20-13-7-8-14-21(20)26-22(29)19-12-9-15-28(16-19)24(31)27(2)3/h4-8,10-11,13-14,17,19H,9,12,15-16H2,1-3H3,(H,25,30)(H,26,29). The summed E-state index contributed by atoms with van der Waals surface area (Å²) in [6, 6.07) is 16.4. The highest BCUT2D eigenvalue weighted by Gasteiger charge is 2.29. The number of carbonyl (C=O) groups excluding carboxylic acids is 3. The van der Waals surface area contributed by atoms with E-state index in [2.05, 4.69) is 10.6 Å². The SMILES string of the molecule is CC(NC(=O)c1ccccc1NC(=O)C1CCCN(C(=O)N(C)C)C1)c1ccccc1. The zero-order valence-corrected chi connectivity index (χ0v) is 18.3. The Bertz CT molecular complexity index is 929. The van der Waals surface area contributed by atoms with Gasteiger partial charge in [0.05, 0.1) is 23.2 Å². The number of para-hydroxylation sites is 1. The van der Waals surface area contributed by atoms with Gasteiger partial charge in [0.1, 0.15) is 0 Å². The maximum atomic E-state index is 12.9. The highest BCUT2D eigenvalue weighted by molar-refractivity contribution is 6.04. The first-order chi connectivity index (χ1) is 14.9. The number of hydrogen-bond donors (Lipinski definition) is 2. The highest BCUT2D eigenvalue weighted by atomic mass is 16.2. The molecular formula is C24H30N4O3. The first-order valence-corrected chi connectivity index (χ1v) is 10.6. The molecule has 1 fully saturated rings. The van der Waals surface area contributed by atoms with Crippen LogP contribution >= 0.6 is 0 Å². The molecule has 2 atom stereocenters. The van der Waals surface area contributed by atoms with Crippen LogP contribution in [0.2, 0.25) is 0 Å². The van der Waals surface area contributed by atoms with Crippen LogP contribution in [0.25, 0.3) is 0 Å². The van der Waals surface area contributed by atoms with Gasteiger partial charge in [-0.25, -0.2) is 4.79 Å². The Morgan fingerprint density at radius 3 is 2.42 bits per heavy atom. The lowest BCUT2D eigenvalue weighted by Gasteiger charge is -2.33. The first-order valence-electron chi connectivity index (χ1n) is 10.6. The number of piperidine rings is 1. The fraction of sp³-hybridized carbons (Fsp3) is 0.375. The van der Waals surface area contributed by atoms with Crippen molar-refractivity contribution in [2.24, 2.45) is 5.92 Å². The van der Waals surface area contributed by atoms with Gasteiger partial charge in [0, 0.05) is 27.2 Å². The number of hydrogen-bond acceptors (Lipinski definition) is 3. The third kappa shape index (κ3) is 5.63. The molecule has 0 aliphatic carbocycles. The number of carbonyl (C=O) groups is 3. The fourth-order valence-electron chi connectivity index (χ4n) is 3.77. The van der Waals surface area contributed by atoms with Crippen LogP contribution in [-0.2, 0) is 4.79 Å². The monoisotopic (exact) mass is 422 g/mol. The average Bonchev–Trinajstić information content (AvgIpc) is 2.79. The minimum Gasteiger partial charge on any atom is -0.345 e. The van der Waals surface area contributed by atoms with Crippen molar-refractivity contribution >= 4 is 23.5 Å². The van der Waals surface area contributed by atoms with Crippen molar-refractivity contribution in [3.63, 3.8) is 0 Å². The molecule has 0 saturated carbocycles. The van der Waals surface area contributed by atoms with E-state index in [0.29, 0.717) is 30.8 Å². The first kappa shape index (κ1) is 22.3. The lowest BCUT2D eigenvalue weighted by atomic mass is 9.97. The Balaban J connectivity index is 1.68. The van der Waals surface area contributed by atoms with E-state index in [0.717, 1.165) is 12.0 Å². The summed E-state index contributed by atoms with van der Waals surface area (Å²) in [5.41, 5.74) is 1.89. The second kappa shape index (κ2) is 10.1. The van der Waals surface area contributed by atoms with E-state index in [9.17, 15) is 14.4 Å². The molecule has 0 aromatic heterocycles. The largest absolute Gasteiger partial charge is 0.345 e. The Labute approximate surface area is 183 Å². The van der Waals surface area contributed by atoms with E-state index in [1.807, 2.05) is 37.3 Å². The Hall–Kier alpha value is -3.35.